The standard InChI is InChI=1S/C17H24ClNO/c1-4-15-7-5-6-12-19(15)16(20)17(2,3)13-8-10-14(18)11-9-13/h8-11,15H,4-7,12H2,1-3H3. The zero-order valence-electron chi connectivity index (χ0n) is 12.7. The molecule has 1 unspecified atom stereocenters. The van der Waals surface area contributed by atoms with Gasteiger partial charge in [-0.3, -0.25) is 4.79 Å². The number of hydrogen-bond acceptors (Lipinski definition) is 1. The first-order valence-corrected chi connectivity index (χ1v) is 7.91. The van der Waals surface area contributed by atoms with E-state index in [4.69, 9.17) is 11.6 Å². The Morgan fingerprint density at radius 1 is 1.30 bits per heavy atom. The van der Waals surface area contributed by atoms with Crippen molar-refractivity contribution in [3.05, 3.63) is 34.9 Å². The lowest BCUT2D eigenvalue weighted by Gasteiger charge is -2.40. The van der Waals surface area contributed by atoms with E-state index in [9.17, 15) is 4.79 Å². The molecule has 1 amide bonds. The maximum atomic E-state index is 13.0. The molecule has 0 N–H and O–H groups in total. The number of piperidine rings is 1. The van der Waals surface area contributed by atoms with Crippen LogP contribution in [0.15, 0.2) is 24.3 Å². The number of benzene rings is 1. The van der Waals surface area contributed by atoms with Crippen molar-refractivity contribution in [3.63, 3.8) is 0 Å². The highest BCUT2D eigenvalue weighted by molar-refractivity contribution is 6.30. The summed E-state index contributed by atoms with van der Waals surface area (Å²) in [4.78, 5) is 15.1. The van der Waals surface area contributed by atoms with Gasteiger partial charge in [0, 0.05) is 17.6 Å². The topological polar surface area (TPSA) is 20.3 Å². The number of likely N-dealkylation sites (tertiary alicyclic amines) is 1. The quantitative estimate of drug-likeness (QED) is 0.808. The van der Waals surface area contributed by atoms with Crippen molar-refractivity contribution in [1.29, 1.82) is 0 Å². The Morgan fingerprint density at radius 3 is 2.55 bits per heavy atom. The van der Waals surface area contributed by atoms with Crippen LogP contribution < -0.4 is 0 Å². The molecular weight excluding hydrogens is 270 g/mol. The number of carbonyl (C=O) groups excluding carboxylic acids is 1. The zero-order valence-corrected chi connectivity index (χ0v) is 13.4. The van der Waals surface area contributed by atoms with Crippen LogP contribution in [0.25, 0.3) is 0 Å². The molecule has 0 aliphatic carbocycles. The number of hydrogen-bond donors (Lipinski definition) is 0. The molecule has 2 rings (SSSR count). The van der Waals surface area contributed by atoms with Crippen LogP contribution in [-0.4, -0.2) is 23.4 Å². The van der Waals surface area contributed by atoms with E-state index in [0.29, 0.717) is 11.1 Å². The van der Waals surface area contributed by atoms with Crippen LogP contribution in [0.3, 0.4) is 0 Å². The minimum atomic E-state index is -0.491. The lowest BCUT2D eigenvalue weighted by atomic mass is 9.82. The van der Waals surface area contributed by atoms with Crippen LogP contribution in [0.5, 0.6) is 0 Å². The molecule has 3 heteroatoms. The first-order chi connectivity index (χ1) is 9.46. The summed E-state index contributed by atoms with van der Waals surface area (Å²) in [5, 5.41) is 0.710. The summed E-state index contributed by atoms with van der Waals surface area (Å²) in [6, 6.07) is 8.05. The van der Waals surface area contributed by atoms with Gasteiger partial charge in [-0.05, 0) is 57.2 Å². The number of amides is 1. The first-order valence-electron chi connectivity index (χ1n) is 7.54. The third-order valence-corrected chi connectivity index (χ3v) is 4.71. The van der Waals surface area contributed by atoms with Crippen molar-refractivity contribution in [2.45, 2.75) is 57.9 Å². The van der Waals surface area contributed by atoms with Gasteiger partial charge in [-0.15, -0.1) is 0 Å². The Morgan fingerprint density at radius 2 is 1.95 bits per heavy atom. The van der Waals surface area contributed by atoms with E-state index in [0.717, 1.165) is 31.4 Å². The predicted molar refractivity (Wildman–Crippen MR) is 84.1 cm³/mol. The Balaban J connectivity index is 2.23. The molecule has 1 saturated heterocycles. The fourth-order valence-corrected chi connectivity index (χ4v) is 3.17. The Kier molecular flexibility index (Phi) is 4.74. The number of rotatable bonds is 3. The highest BCUT2D eigenvalue weighted by Crippen LogP contribution is 2.30. The van der Waals surface area contributed by atoms with Gasteiger partial charge in [0.05, 0.1) is 5.41 Å². The first kappa shape index (κ1) is 15.4. The van der Waals surface area contributed by atoms with E-state index in [-0.39, 0.29) is 5.91 Å². The Hall–Kier alpha value is -1.02. The Labute approximate surface area is 127 Å². The van der Waals surface area contributed by atoms with Gasteiger partial charge in [-0.2, -0.15) is 0 Å². The van der Waals surface area contributed by atoms with E-state index in [1.54, 1.807) is 0 Å². The highest BCUT2D eigenvalue weighted by Gasteiger charge is 2.37. The largest absolute Gasteiger partial charge is 0.339 e. The van der Waals surface area contributed by atoms with Crippen molar-refractivity contribution in [3.8, 4) is 0 Å². The predicted octanol–water partition coefficient (Wildman–Crippen LogP) is 4.41. The van der Waals surface area contributed by atoms with Crippen LogP contribution in [0, 0.1) is 0 Å². The molecule has 0 spiro atoms. The van der Waals surface area contributed by atoms with Gasteiger partial charge in [0.2, 0.25) is 5.91 Å². The van der Waals surface area contributed by atoms with Gasteiger partial charge in [-0.1, -0.05) is 30.7 Å². The summed E-state index contributed by atoms with van der Waals surface area (Å²) >= 11 is 5.94. The monoisotopic (exact) mass is 293 g/mol. The van der Waals surface area contributed by atoms with Crippen LogP contribution in [0.2, 0.25) is 5.02 Å². The minimum absolute atomic E-state index is 0.242. The minimum Gasteiger partial charge on any atom is -0.339 e. The van der Waals surface area contributed by atoms with Crippen molar-refractivity contribution < 1.29 is 4.79 Å². The molecule has 2 nitrogen and oxygen atoms in total. The normalized spacial score (nSPS) is 20.0. The molecule has 0 saturated carbocycles. The number of carbonyl (C=O) groups is 1. The molecule has 1 aromatic carbocycles. The molecule has 1 heterocycles. The molecule has 1 aliphatic heterocycles. The number of nitrogens with zero attached hydrogens (tertiary/aromatic N) is 1. The molecular formula is C17H24ClNO. The molecule has 110 valence electrons. The molecule has 1 atom stereocenters. The zero-order chi connectivity index (χ0) is 14.8. The van der Waals surface area contributed by atoms with Gasteiger partial charge < -0.3 is 4.90 Å². The molecule has 1 aromatic rings. The molecule has 0 radical (unpaired) electrons. The SMILES string of the molecule is CCC1CCCCN1C(=O)C(C)(C)c1ccc(Cl)cc1. The van der Waals surface area contributed by atoms with Gasteiger partial charge in [0.15, 0.2) is 0 Å². The van der Waals surface area contributed by atoms with E-state index in [1.807, 2.05) is 38.1 Å². The van der Waals surface area contributed by atoms with Crippen LogP contribution in [0.1, 0.15) is 52.0 Å². The van der Waals surface area contributed by atoms with Crippen LogP contribution in [-0.2, 0) is 10.2 Å². The van der Waals surface area contributed by atoms with Crippen molar-refractivity contribution in [2.75, 3.05) is 6.54 Å². The van der Waals surface area contributed by atoms with Gasteiger partial charge in [-0.25, -0.2) is 0 Å². The molecule has 1 fully saturated rings. The second-order valence-electron chi connectivity index (χ2n) is 6.19. The second kappa shape index (κ2) is 6.17. The maximum absolute atomic E-state index is 13.0. The highest BCUT2D eigenvalue weighted by atomic mass is 35.5. The fourth-order valence-electron chi connectivity index (χ4n) is 3.04. The van der Waals surface area contributed by atoms with Crippen LogP contribution in [0.4, 0.5) is 0 Å². The van der Waals surface area contributed by atoms with Crippen molar-refractivity contribution >= 4 is 17.5 Å². The Bertz CT molecular complexity index is 466. The molecule has 0 aromatic heterocycles. The van der Waals surface area contributed by atoms with E-state index in [1.165, 1.54) is 6.42 Å². The van der Waals surface area contributed by atoms with Crippen molar-refractivity contribution in [1.82, 2.24) is 4.90 Å². The average molecular weight is 294 g/mol. The van der Waals surface area contributed by atoms with Crippen LogP contribution >= 0.6 is 11.6 Å². The van der Waals surface area contributed by atoms with E-state index >= 15 is 0 Å². The van der Waals surface area contributed by atoms with E-state index in [2.05, 4.69) is 11.8 Å². The fraction of sp³-hybridized carbons (Fsp3) is 0.588. The number of halogens is 1. The lowest BCUT2D eigenvalue weighted by Crippen LogP contribution is -2.50. The summed E-state index contributed by atoms with van der Waals surface area (Å²) in [6.07, 6.45) is 4.55. The third-order valence-electron chi connectivity index (χ3n) is 4.46. The molecule has 0 bridgehead atoms. The summed E-state index contributed by atoms with van der Waals surface area (Å²) in [5.74, 6) is 0.242. The van der Waals surface area contributed by atoms with Crippen molar-refractivity contribution in [2.24, 2.45) is 0 Å². The third kappa shape index (κ3) is 3.01. The molecule has 20 heavy (non-hydrogen) atoms. The van der Waals surface area contributed by atoms with Gasteiger partial charge >= 0.3 is 0 Å². The summed E-state index contributed by atoms with van der Waals surface area (Å²) in [5.41, 5.74) is 0.544. The van der Waals surface area contributed by atoms with Gasteiger partial charge in [0.1, 0.15) is 0 Å². The average Bonchev–Trinajstić information content (AvgIpc) is 2.46. The summed E-state index contributed by atoms with van der Waals surface area (Å²) in [7, 11) is 0. The van der Waals surface area contributed by atoms with E-state index < -0.39 is 5.41 Å². The molecule has 1 aliphatic rings. The second-order valence-corrected chi connectivity index (χ2v) is 6.62. The summed E-state index contributed by atoms with van der Waals surface area (Å²) < 4.78 is 0. The van der Waals surface area contributed by atoms with Gasteiger partial charge in [0.25, 0.3) is 0 Å². The summed E-state index contributed by atoms with van der Waals surface area (Å²) in [6.45, 7) is 7.10. The lowest BCUT2D eigenvalue weighted by molar-refractivity contribution is -0.140. The maximum Gasteiger partial charge on any atom is 0.232 e. The smallest absolute Gasteiger partial charge is 0.232 e.